The molecule has 134 valence electrons. The van der Waals surface area contributed by atoms with Crippen molar-refractivity contribution in [3.8, 4) is 5.69 Å². The van der Waals surface area contributed by atoms with E-state index in [1.54, 1.807) is 28.6 Å². The molecular formula is C19H20N4O3. The predicted molar refractivity (Wildman–Crippen MR) is 95.4 cm³/mol. The normalized spacial score (nSPS) is 17.4. The molecule has 7 nitrogen and oxygen atoms in total. The molecule has 0 saturated carbocycles. The number of furan rings is 1. The summed E-state index contributed by atoms with van der Waals surface area (Å²) < 4.78 is 8.24. The maximum Gasteiger partial charge on any atom is 0.350 e. The van der Waals surface area contributed by atoms with Gasteiger partial charge in [-0.05, 0) is 37.1 Å². The van der Waals surface area contributed by atoms with E-state index < -0.39 is 0 Å². The van der Waals surface area contributed by atoms with E-state index in [1.165, 1.54) is 10.9 Å². The molecule has 0 bridgehead atoms. The van der Waals surface area contributed by atoms with Crippen molar-refractivity contribution in [2.24, 2.45) is 7.05 Å². The Morgan fingerprint density at radius 1 is 1.19 bits per heavy atom. The topological polar surface area (TPSA) is 73.3 Å². The molecule has 1 fully saturated rings. The minimum atomic E-state index is -0.180. The van der Waals surface area contributed by atoms with E-state index in [1.807, 2.05) is 30.3 Å². The lowest BCUT2D eigenvalue weighted by Crippen LogP contribution is -2.39. The third-order valence-electron chi connectivity index (χ3n) is 4.77. The summed E-state index contributed by atoms with van der Waals surface area (Å²) in [6.45, 7) is 1.20. The first kappa shape index (κ1) is 16.4. The van der Waals surface area contributed by atoms with Crippen LogP contribution in [0.25, 0.3) is 5.69 Å². The van der Waals surface area contributed by atoms with Crippen molar-refractivity contribution in [2.45, 2.75) is 18.8 Å². The molecule has 7 heteroatoms. The van der Waals surface area contributed by atoms with E-state index in [-0.39, 0.29) is 17.5 Å². The number of aromatic nitrogens is 3. The second kappa shape index (κ2) is 6.67. The van der Waals surface area contributed by atoms with Crippen molar-refractivity contribution in [3.63, 3.8) is 0 Å². The lowest BCUT2D eigenvalue weighted by molar-refractivity contribution is 0.0671. The maximum atomic E-state index is 12.6. The maximum absolute atomic E-state index is 12.6. The molecule has 2 aromatic heterocycles. The Hall–Kier alpha value is -3.09. The van der Waals surface area contributed by atoms with Gasteiger partial charge in [-0.2, -0.15) is 5.10 Å². The molecule has 0 aliphatic carbocycles. The molecule has 0 radical (unpaired) electrons. The summed E-state index contributed by atoms with van der Waals surface area (Å²) in [6.07, 6.45) is 3.24. The van der Waals surface area contributed by atoms with Crippen LogP contribution in [-0.4, -0.2) is 38.2 Å². The smallest absolute Gasteiger partial charge is 0.350 e. The number of benzene rings is 1. The zero-order valence-electron chi connectivity index (χ0n) is 14.5. The Kier molecular flexibility index (Phi) is 4.20. The summed E-state index contributed by atoms with van der Waals surface area (Å²) in [5.41, 5.74) is 0.607. The van der Waals surface area contributed by atoms with Crippen LogP contribution in [0.3, 0.4) is 0 Å². The first-order valence-electron chi connectivity index (χ1n) is 8.69. The quantitative estimate of drug-likeness (QED) is 0.724. The SMILES string of the molecule is Cn1nc(C2CCCN(C(=O)c3ccco3)C2)n(-c2ccccc2)c1=O. The number of carbonyl (C=O) groups is 1. The number of hydrogen-bond acceptors (Lipinski definition) is 4. The number of carbonyl (C=O) groups excluding carboxylic acids is 1. The standard InChI is InChI=1S/C19H20N4O3/c1-21-19(25)23(15-8-3-2-4-9-15)17(20-21)14-7-5-11-22(13-14)18(24)16-10-6-12-26-16/h2-4,6,8-10,12,14H,5,7,11,13H2,1H3. The van der Waals surface area contributed by atoms with Crippen LogP contribution in [0.4, 0.5) is 0 Å². The van der Waals surface area contributed by atoms with Gasteiger partial charge in [-0.25, -0.2) is 14.0 Å². The second-order valence-corrected chi connectivity index (χ2v) is 6.50. The number of likely N-dealkylation sites (tertiary alicyclic amines) is 1. The highest BCUT2D eigenvalue weighted by Gasteiger charge is 2.30. The van der Waals surface area contributed by atoms with Crippen LogP contribution in [0.15, 0.2) is 57.9 Å². The third-order valence-corrected chi connectivity index (χ3v) is 4.77. The fourth-order valence-corrected chi connectivity index (χ4v) is 3.50. The molecule has 1 aromatic carbocycles. The molecule has 1 amide bonds. The summed E-state index contributed by atoms with van der Waals surface area (Å²) in [5, 5.41) is 4.47. The van der Waals surface area contributed by atoms with E-state index >= 15 is 0 Å². The van der Waals surface area contributed by atoms with Gasteiger partial charge in [0.1, 0.15) is 5.82 Å². The van der Waals surface area contributed by atoms with Crippen LogP contribution in [0.1, 0.15) is 35.1 Å². The molecule has 1 atom stereocenters. The molecule has 26 heavy (non-hydrogen) atoms. The Balaban J connectivity index is 1.67. The Morgan fingerprint density at radius 3 is 2.73 bits per heavy atom. The highest BCUT2D eigenvalue weighted by atomic mass is 16.3. The zero-order chi connectivity index (χ0) is 18.1. The van der Waals surface area contributed by atoms with Crippen molar-refractivity contribution in [3.05, 3.63) is 70.8 Å². The van der Waals surface area contributed by atoms with E-state index in [2.05, 4.69) is 5.10 Å². The van der Waals surface area contributed by atoms with Crippen LogP contribution < -0.4 is 5.69 Å². The Labute approximate surface area is 150 Å². The van der Waals surface area contributed by atoms with E-state index in [4.69, 9.17) is 4.42 Å². The molecule has 0 N–H and O–H groups in total. The zero-order valence-corrected chi connectivity index (χ0v) is 14.5. The first-order valence-corrected chi connectivity index (χ1v) is 8.69. The number of para-hydroxylation sites is 1. The van der Waals surface area contributed by atoms with E-state index in [0.717, 1.165) is 18.5 Å². The van der Waals surface area contributed by atoms with Crippen LogP contribution in [0.2, 0.25) is 0 Å². The summed E-state index contributed by atoms with van der Waals surface area (Å²) in [4.78, 5) is 27.0. The molecule has 3 heterocycles. The Morgan fingerprint density at radius 2 is 2.00 bits per heavy atom. The number of piperidine rings is 1. The largest absolute Gasteiger partial charge is 0.459 e. The first-order chi connectivity index (χ1) is 12.6. The molecule has 0 spiro atoms. The average molecular weight is 352 g/mol. The predicted octanol–water partition coefficient (Wildman–Crippen LogP) is 2.18. The third kappa shape index (κ3) is 2.85. The number of nitrogens with zero attached hydrogens (tertiary/aromatic N) is 4. The number of hydrogen-bond donors (Lipinski definition) is 0. The molecule has 3 aromatic rings. The highest BCUT2D eigenvalue weighted by molar-refractivity contribution is 5.91. The van der Waals surface area contributed by atoms with E-state index in [9.17, 15) is 9.59 Å². The highest BCUT2D eigenvalue weighted by Crippen LogP contribution is 2.27. The van der Waals surface area contributed by atoms with Gasteiger partial charge in [-0.15, -0.1) is 0 Å². The van der Waals surface area contributed by atoms with Crippen molar-refractivity contribution < 1.29 is 9.21 Å². The van der Waals surface area contributed by atoms with Gasteiger partial charge in [0.05, 0.1) is 12.0 Å². The monoisotopic (exact) mass is 352 g/mol. The minimum absolute atomic E-state index is 0.00299. The number of rotatable bonds is 3. The second-order valence-electron chi connectivity index (χ2n) is 6.50. The van der Waals surface area contributed by atoms with Gasteiger partial charge < -0.3 is 9.32 Å². The molecule has 1 unspecified atom stereocenters. The van der Waals surface area contributed by atoms with Crippen LogP contribution in [-0.2, 0) is 7.05 Å². The molecular weight excluding hydrogens is 332 g/mol. The number of aryl methyl sites for hydroxylation is 1. The summed E-state index contributed by atoms with van der Waals surface area (Å²) >= 11 is 0. The average Bonchev–Trinajstić information content (AvgIpc) is 3.31. The lowest BCUT2D eigenvalue weighted by atomic mass is 9.96. The summed E-state index contributed by atoms with van der Waals surface area (Å²) in [7, 11) is 1.65. The van der Waals surface area contributed by atoms with Crippen LogP contribution in [0, 0.1) is 0 Å². The summed E-state index contributed by atoms with van der Waals surface area (Å²) in [6, 6.07) is 12.9. The Bertz CT molecular complexity index is 957. The van der Waals surface area contributed by atoms with Crippen LogP contribution in [0.5, 0.6) is 0 Å². The van der Waals surface area contributed by atoms with Gasteiger partial charge in [-0.1, -0.05) is 18.2 Å². The van der Waals surface area contributed by atoms with Crippen LogP contribution >= 0.6 is 0 Å². The van der Waals surface area contributed by atoms with E-state index in [0.29, 0.717) is 24.7 Å². The van der Waals surface area contributed by atoms with Gasteiger partial charge in [0.25, 0.3) is 5.91 Å². The van der Waals surface area contributed by atoms with Gasteiger partial charge in [0.15, 0.2) is 5.76 Å². The molecule has 1 saturated heterocycles. The van der Waals surface area contributed by atoms with Crippen molar-refractivity contribution in [1.29, 1.82) is 0 Å². The number of amides is 1. The van der Waals surface area contributed by atoms with Crippen molar-refractivity contribution >= 4 is 5.91 Å². The van der Waals surface area contributed by atoms with Gasteiger partial charge in [0, 0.05) is 26.1 Å². The van der Waals surface area contributed by atoms with Gasteiger partial charge in [-0.3, -0.25) is 4.79 Å². The molecule has 1 aliphatic heterocycles. The van der Waals surface area contributed by atoms with Gasteiger partial charge >= 0.3 is 5.69 Å². The fourth-order valence-electron chi connectivity index (χ4n) is 3.50. The fraction of sp³-hybridized carbons (Fsp3) is 0.316. The summed E-state index contributed by atoms with van der Waals surface area (Å²) in [5.74, 6) is 0.911. The lowest BCUT2D eigenvalue weighted by Gasteiger charge is -2.31. The molecule has 1 aliphatic rings. The minimum Gasteiger partial charge on any atom is -0.459 e. The molecule has 4 rings (SSSR count). The van der Waals surface area contributed by atoms with Crippen molar-refractivity contribution in [1.82, 2.24) is 19.2 Å². The van der Waals surface area contributed by atoms with Crippen molar-refractivity contribution in [2.75, 3.05) is 13.1 Å². The van der Waals surface area contributed by atoms with Gasteiger partial charge in [0.2, 0.25) is 0 Å².